The van der Waals surface area contributed by atoms with Crippen molar-refractivity contribution in [2.75, 3.05) is 6.54 Å². The summed E-state index contributed by atoms with van der Waals surface area (Å²) in [5, 5.41) is 3.62. The van der Waals surface area contributed by atoms with E-state index < -0.39 is 0 Å². The third-order valence-corrected chi connectivity index (χ3v) is 4.23. The molecular weight excluding hydrogens is 218 g/mol. The quantitative estimate of drug-likeness (QED) is 0.734. The Morgan fingerprint density at radius 1 is 1.17 bits per heavy atom. The lowest BCUT2D eigenvalue weighted by Gasteiger charge is -2.19. The minimum atomic E-state index is 0.553. The molecule has 1 fully saturated rings. The molecule has 1 heteroatoms. The molecule has 1 aliphatic rings. The number of rotatable bonds is 7. The highest BCUT2D eigenvalue weighted by atomic mass is 14.9. The molecule has 1 atom stereocenters. The Morgan fingerprint density at radius 2 is 1.89 bits per heavy atom. The molecule has 1 unspecified atom stereocenters. The molecule has 1 nitrogen and oxygen atoms in total. The summed E-state index contributed by atoms with van der Waals surface area (Å²) in [6, 6.07) is 11.5. The van der Waals surface area contributed by atoms with Crippen molar-refractivity contribution < 1.29 is 0 Å². The zero-order valence-corrected chi connectivity index (χ0v) is 11.7. The van der Waals surface area contributed by atoms with Gasteiger partial charge in [-0.05, 0) is 24.4 Å². The van der Waals surface area contributed by atoms with Gasteiger partial charge in [0.05, 0.1) is 0 Å². The monoisotopic (exact) mass is 245 g/mol. The second-order valence-corrected chi connectivity index (χ2v) is 5.60. The van der Waals surface area contributed by atoms with Crippen LogP contribution in [0.1, 0.15) is 63.5 Å². The zero-order valence-electron chi connectivity index (χ0n) is 11.7. The highest BCUT2D eigenvalue weighted by Gasteiger charge is 2.16. The first kappa shape index (κ1) is 13.6. The summed E-state index contributed by atoms with van der Waals surface area (Å²) in [5.74, 6) is 1.03. The zero-order chi connectivity index (χ0) is 12.6. The molecule has 0 bridgehead atoms. The Bertz CT molecular complexity index is 314. The van der Waals surface area contributed by atoms with Gasteiger partial charge in [0.25, 0.3) is 0 Å². The highest BCUT2D eigenvalue weighted by Crippen LogP contribution is 2.30. The fraction of sp³-hybridized carbons (Fsp3) is 0.647. The fourth-order valence-electron chi connectivity index (χ4n) is 3.23. The Labute approximate surface area is 112 Å². The lowest BCUT2D eigenvalue weighted by molar-refractivity contribution is 0.428. The van der Waals surface area contributed by atoms with E-state index in [1.165, 1.54) is 50.5 Å². The Balaban J connectivity index is 1.79. The molecule has 1 aliphatic carbocycles. The predicted octanol–water partition coefficient (Wildman–Crippen LogP) is 4.70. The van der Waals surface area contributed by atoms with E-state index in [1.54, 1.807) is 0 Å². The molecule has 0 radical (unpaired) electrons. The molecule has 1 N–H and O–H groups in total. The molecule has 0 aliphatic heterocycles. The van der Waals surface area contributed by atoms with Gasteiger partial charge in [-0.1, -0.05) is 75.8 Å². The Hall–Kier alpha value is -0.820. The Kier molecular flexibility index (Phi) is 5.73. The third kappa shape index (κ3) is 4.13. The van der Waals surface area contributed by atoms with Crippen molar-refractivity contribution in [3.05, 3.63) is 35.9 Å². The second-order valence-electron chi connectivity index (χ2n) is 5.60. The molecule has 1 saturated carbocycles. The van der Waals surface area contributed by atoms with Crippen LogP contribution < -0.4 is 5.32 Å². The summed E-state index contributed by atoms with van der Waals surface area (Å²) >= 11 is 0. The summed E-state index contributed by atoms with van der Waals surface area (Å²) in [4.78, 5) is 0. The topological polar surface area (TPSA) is 12.0 Å². The second kappa shape index (κ2) is 7.58. The molecular formula is C17H27N. The van der Waals surface area contributed by atoms with Gasteiger partial charge in [-0.25, -0.2) is 0 Å². The summed E-state index contributed by atoms with van der Waals surface area (Å²) < 4.78 is 0. The molecule has 2 rings (SSSR count). The van der Waals surface area contributed by atoms with Crippen molar-refractivity contribution in [2.45, 2.75) is 57.9 Å². The molecule has 18 heavy (non-hydrogen) atoms. The summed E-state index contributed by atoms with van der Waals surface area (Å²) in [7, 11) is 0. The first-order valence-electron chi connectivity index (χ1n) is 7.68. The van der Waals surface area contributed by atoms with Crippen LogP contribution in [-0.4, -0.2) is 6.54 Å². The molecule has 0 heterocycles. The number of nitrogens with one attached hydrogen (secondary N) is 1. The third-order valence-electron chi connectivity index (χ3n) is 4.23. The van der Waals surface area contributed by atoms with E-state index in [0.717, 1.165) is 12.5 Å². The van der Waals surface area contributed by atoms with Crippen molar-refractivity contribution in [1.82, 2.24) is 5.32 Å². The van der Waals surface area contributed by atoms with Gasteiger partial charge in [0.1, 0.15) is 0 Å². The molecule has 100 valence electrons. The van der Waals surface area contributed by atoms with E-state index >= 15 is 0 Å². The molecule has 0 amide bonds. The van der Waals surface area contributed by atoms with Gasteiger partial charge in [0, 0.05) is 6.04 Å². The van der Waals surface area contributed by atoms with Crippen LogP contribution in [0.25, 0.3) is 0 Å². The van der Waals surface area contributed by atoms with Crippen LogP contribution in [0.3, 0.4) is 0 Å². The van der Waals surface area contributed by atoms with Crippen LogP contribution in [0.5, 0.6) is 0 Å². The van der Waals surface area contributed by atoms with E-state index in [0.29, 0.717) is 6.04 Å². The average Bonchev–Trinajstić information content (AvgIpc) is 2.92. The van der Waals surface area contributed by atoms with Crippen LogP contribution >= 0.6 is 0 Å². The maximum absolute atomic E-state index is 3.62. The number of hydrogen-bond donors (Lipinski definition) is 1. The van der Waals surface area contributed by atoms with E-state index in [-0.39, 0.29) is 0 Å². The molecule has 0 saturated heterocycles. The van der Waals surface area contributed by atoms with Crippen molar-refractivity contribution in [3.63, 3.8) is 0 Å². The standard InChI is InChI=1S/C17H27N/c1-2-18-17(16-12-4-3-5-13-16)14-8-11-15-9-6-7-10-15/h3-5,12-13,15,17-18H,2,6-11,14H2,1H3. The number of hydrogen-bond acceptors (Lipinski definition) is 1. The minimum absolute atomic E-state index is 0.553. The first-order chi connectivity index (χ1) is 8.90. The molecule has 0 aromatic heterocycles. The normalized spacial score (nSPS) is 18.1. The first-order valence-corrected chi connectivity index (χ1v) is 7.68. The van der Waals surface area contributed by atoms with Crippen LogP contribution in [0.4, 0.5) is 0 Å². The predicted molar refractivity (Wildman–Crippen MR) is 78.7 cm³/mol. The molecule has 0 spiro atoms. The van der Waals surface area contributed by atoms with Gasteiger partial charge in [-0.2, -0.15) is 0 Å². The van der Waals surface area contributed by atoms with Gasteiger partial charge in [-0.3, -0.25) is 0 Å². The van der Waals surface area contributed by atoms with Crippen molar-refractivity contribution in [2.24, 2.45) is 5.92 Å². The average molecular weight is 245 g/mol. The lowest BCUT2D eigenvalue weighted by Crippen LogP contribution is -2.20. The van der Waals surface area contributed by atoms with Gasteiger partial charge < -0.3 is 5.32 Å². The lowest BCUT2D eigenvalue weighted by atomic mass is 9.95. The van der Waals surface area contributed by atoms with Gasteiger partial charge in [0.2, 0.25) is 0 Å². The number of benzene rings is 1. The van der Waals surface area contributed by atoms with Crippen LogP contribution in [0, 0.1) is 5.92 Å². The summed E-state index contributed by atoms with van der Waals surface area (Å²) in [6.07, 6.45) is 10.0. The highest BCUT2D eigenvalue weighted by molar-refractivity contribution is 5.18. The molecule has 1 aromatic carbocycles. The van der Waals surface area contributed by atoms with Crippen LogP contribution in [0.2, 0.25) is 0 Å². The largest absolute Gasteiger partial charge is 0.310 e. The SMILES string of the molecule is CCNC(CCCC1CCCC1)c1ccccc1. The summed E-state index contributed by atoms with van der Waals surface area (Å²) in [5.41, 5.74) is 1.45. The van der Waals surface area contributed by atoms with Crippen molar-refractivity contribution in [1.29, 1.82) is 0 Å². The van der Waals surface area contributed by atoms with E-state index in [2.05, 4.69) is 42.6 Å². The molecule has 1 aromatic rings. The van der Waals surface area contributed by atoms with E-state index in [9.17, 15) is 0 Å². The van der Waals surface area contributed by atoms with Crippen LogP contribution in [0.15, 0.2) is 30.3 Å². The van der Waals surface area contributed by atoms with Crippen molar-refractivity contribution >= 4 is 0 Å². The van der Waals surface area contributed by atoms with E-state index in [1.807, 2.05) is 0 Å². The maximum Gasteiger partial charge on any atom is 0.0320 e. The van der Waals surface area contributed by atoms with E-state index in [4.69, 9.17) is 0 Å². The summed E-state index contributed by atoms with van der Waals surface area (Å²) in [6.45, 7) is 3.26. The minimum Gasteiger partial charge on any atom is -0.310 e. The van der Waals surface area contributed by atoms with Crippen molar-refractivity contribution in [3.8, 4) is 0 Å². The van der Waals surface area contributed by atoms with Crippen LogP contribution in [-0.2, 0) is 0 Å². The maximum atomic E-state index is 3.62. The van der Waals surface area contributed by atoms with Gasteiger partial charge in [0.15, 0.2) is 0 Å². The fourth-order valence-corrected chi connectivity index (χ4v) is 3.23. The van der Waals surface area contributed by atoms with Gasteiger partial charge >= 0.3 is 0 Å². The van der Waals surface area contributed by atoms with Gasteiger partial charge in [-0.15, -0.1) is 0 Å². The Morgan fingerprint density at radius 3 is 2.56 bits per heavy atom. The smallest absolute Gasteiger partial charge is 0.0320 e.